The first-order valence-electron chi connectivity index (χ1n) is 7.73. The van der Waals surface area contributed by atoms with Gasteiger partial charge < -0.3 is 5.32 Å². The van der Waals surface area contributed by atoms with Gasteiger partial charge in [-0.1, -0.05) is 0 Å². The minimum atomic E-state index is -3.54. The minimum Gasteiger partial charge on any atom is -0.351 e. The fraction of sp³-hybridized carbons (Fsp3) is 0.375. The summed E-state index contributed by atoms with van der Waals surface area (Å²) in [5.41, 5.74) is 0.973. The molecule has 2 aromatic heterocycles. The van der Waals surface area contributed by atoms with Crippen molar-refractivity contribution in [3.8, 4) is 0 Å². The van der Waals surface area contributed by atoms with Gasteiger partial charge in [0.25, 0.3) is 10.0 Å². The zero-order valence-corrected chi connectivity index (χ0v) is 14.9. The van der Waals surface area contributed by atoms with Gasteiger partial charge in [0.1, 0.15) is 4.21 Å². The van der Waals surface area contributed by atoms with Crippen LogP contribution in [0.5, 0.6) is 0 Å². The number of hydrogen-bond donors (Lipinski definition) is 1. The van der Waals surface area contributed by atoms with Crippen LogP contribution >= 0.6 is 11.3 Å². The van der Waals surface area contributed by atoms with Gasteiger partial charge in [0.15, 0.2) is 0 Å². The molecule has 1 saturated heterocycles. The third-order valence-corrected chi connectivity index (χ3v) is 7.47. The number of thiophene rings is 1. The van der Waals surface area contributed by atoms with E-state index in [1.165, 1.54) is 18.3 Å². The van der Waals surface area contributed by atoms with Crippen molar-refractivity contribution >= 4 is 27.3 Å². The number of aromatic nitrogens is 1. The standard InChI is InChI=1S/C16H19N3O3S2/c1-12(20)18-11-14-4-5-16(23-14)24(21,22)19-10-2-3-15(19)13-6-8-17-9-7-13/h4-9,15H,2-3,10-11H2,1H3,(H,18,20)/t15-/m0/s1. The molecule has 2 aromatic rings. The number of nitrogens with zero attached hydrogens (tertiary/aromatic N) is 2. The summed E-state index contributed by atoms with van der Waals surface area (Å²) in [6, 6.07) is 6.98. The summed E-state index contributed by atoms with van der Waals surface area (Å²) in [6.07, 6.45) is 5.04. The average molecular weight is 365 g/mol. The average Bonchev–Trinajstić information content (AvgIpc) is 3.23. The Balaban J connectivity index is 1.83. The molecule has 1 aliphatic rings. The first kappa shape index (κ1) is 17.1. The molecule has 1 N–H and O–H groups in total. The van der Waals surface area contributed by atoms with E-state index in [9.17, 15) is 13.2 Å². The molecule has 0 radical (unpaired) electrons. The van der Waals surface area contributed by atoms with Crippen LogP contribution in [0.3, 0.4) is 0 Å². The number of carbonyl (C=O) groups excluding carboxylic acids is 1. The fourth-order valence-electron chi connectivity index (χ4n) is 2.87. The van der Waals surface area contributed by atoms with Crippen LogP contribution in [0.2, 0.25) is 0 Å². The minimum absolute atomic E-state index is 0.134. The quantitative estimate of drug-likeness (QED) is 0.882. The fourth-order valence-corrected chi connectivity index (χ4v) is 5.97. The molecule has 0 bridgehead atoms. The number of hydrogen-bond acceptors (Lipinski definition) is 5. The summed E-state index contributed by atoms with van der Waals surface area (Å²) in [6.45, 7) is 2.31. The molecular formula is C16H19N3O3S2. The van der Waals surface area contributed by atoms with Crippen molar-refractivity contribution in [1.82, 2.24) is 14.6 Å². The lowest BCUT2D eigenvalue weighted by atomic mass is 10.1. The SMILES string of the molecule is CC(=O)NCc1ccc(S(=O)(=O)N2CCC[C@H]2c2ccncc2)s1. The van der Waals surface area contributed by atoms with E-state index in [1.807, 2.05) is 12.1 Å². The van der Waals surface area contributed by atoms with Crippen LogP contribution in [-0.2, 0) is 21.4 Å². The first-order valence-corrected chi connectivity index (χ1v) is 9.99. The molecule has 0 unspecified atom stereocenters. The van der Waals surface area contributed by atoms with Gasteiger partial charge in [-0.3, -0.25) is 9.78 Å². The van der Waals surface area contributed by atoms with Crippen LogP contribution in [0.15, 0.2) is 40.9 Å². The van der Waals surface area contributed by atoms with Crippen LogP contribution in [0.25, 0.3) is 0 Å². The molecule has 3 rings (SSSR count). The highest BCUT2D eigenvalue weighted by Gasteiger charge is 2.36. The lowest BCUT2D eigenvalue weighted by Crippen LogP contribution is -2.30. The van der Waals surface area contributed by atoms with E-state index in [4.69, 9.17) is 0 Å². The van der Waals surface area contributed by atoms with Crippen molar-refractivity contribution in [2.24, 2.45) is 0 Å². The molecule has 3 heterocycles. The molecule has 128 valence electrons. The Kier molecular flexibility index (Phi) is 4.98. The molecule has 8 heteroatoms. The molecule has 0 aliphatic carbocycles. The molecule has 0 spiro atoms. The van der Waals surface area contributed by atoms with Crippen molar-refractivity contribution in [1.29, 1.82) is 0 Å². The third kappa shape index (κ3) is 3.50. The summed E-state index contributed by atoms with van der Waals surface area (Å²) in [5.74, 6) is -0.134. The van der Waals surface area contributed by atoms with E-state index < -0.39 is 10.0 Å². The smallest absolute Gasteiger partial charge is 0.253 e. The molecule has 0 aromatic carbocycles. The number of pyridine rings is 1. The van der Waals surface area contributed by atoms with E-state index in [1.54, 1.807) is 28.8 Å². The van der Waals surface area contributed by atoms with Crippen molar-refractivity contribution in [3.63, 3.8) is 0 Å². The molecule has 1 aliphatic heterocycles. The summed E-state index contributed by atoms with van der Waals surface area (Å²) >= 11 is 1.21. The number of sulfonamides is 1. The normalized spacial score (nSPS) is 18.6. The van der Waals surface area contributed by atoms with Gasteiger partial charge in [-0.25, -0.2) is 8.42 Å². The first-order chi connectivity index (χ1) is 11.5. The largest absolute Gasteiger partial charge is 0.351 e. The lowest BCUT2D eigenvalue weighted by Gasteiger charge is -2.23. The van der Waals surface area contributed by atoms with E-state index >= 15 is 0 Å². The second-order valence-electron chi connectivity index (χ2n) is 5.68. The molecule has 1 atom stereocenters. The maximum Gasteiger partial charge on any atom is 0.253 e. The molecule has 1 fully saturated rings. The van der Waals surface area contributed by atoms with Gasteiger partial charge in [-0.2, -0.15) is 4.31 Å². The van der Waals surface area contributed by atoms with Crippen molar-refractivity contribution in [3.05, 3.63) is 47.1 Å². The maximum atomic E-state index is 13.0. The van der Waals surface area contributed by atoms with Crippen molar-refractivity contribution in [2.75, 3.05) is 6.54 Å². The van der Waals surface area contributed by atoms with Crippen LogP contribution in [0, 0.1) is 0 Å². The van der Waals surface area contributed by atoms with Crippen LogP contribution in [-0.4, -0.2) is 30.2 Å². The van der Waals surface area contributed by atoms with Gasteiger partial charge in [-0.15, -0.1) is 11.3 Å². The topological polar surface area (TPSA) is 79.4 Å². The Labute approximate surface area is 145 Å². The van der Waals surface area contributed by atoms with E-state index in [0.29, 0.717) is 17.3 Å². The summed E-state index contributed by atoms with van der Waals surface area (Å²) in [7, 11) is -3.54. The molecule has 1 amide bonds. The van der Waals surface area contributed by atoms with Gasteiger partial charge in [0.05, 0.1) is 12.6 Å². The van der Waals surface area contributed by atoms with Crippen molar-refractivity contribution in [2.45, 2.75) is 36.6 Å². The second-order valence-corrected chi connectivity index (χ2v) is 8.97. The second kappa shape index (κ2) is 7.00. The Morgan fingerprint density at radius 2 is 2.08 bits per heavy atom. The van der Waals surface area contributed by atoms with Gasteiger partial charge in [-0.05, 0) is 42.7 Å². The monoisotopic (exact) mass is 365 g/mol. The highest BCUT2D eigenvalue weighted by Crippen LogP contribution is 2.37. The van der Waals surface area contributed by atoms with Gasteiger partial charge in [0, 0.05) is 30.7 Å². The summed E-state index contributed by atoms with van der Waals surface area (Å²) in [5, 5.41) is 2.69. The number of amides is 1. The lowest BCUT2D eigenvalue weighted by molar-refractivity contribution is -0.119. The highest BCUT2D eigenvalue weighted by molar-refractivity contribution is 7.91. The van der Waals surface area contributed by atoms with Crippen molar-refractivity contribution < 1.29 is 13.2 Å². The van der Waals surface area contributed by atoms with E-state index in [-0.39, 0.29) is 11.9 Å². The zero-order valence-electron chi connectivity index (χ0n) is 13.3. The predicted molar refractivity (Wildman–Crippen MR) is 91.9 cm³/mol. The van der Waals surface area contributed by atoms with Crippen LogP contribution in [0.1, 0.15) is 36.2 Å². The Morgan fingerprint density at radius 3 is 2.79 bits per heavy atom. The molecule has 0 saturated carbocycles. The van der Waals surface area contributed by atoms with Gasteiger partial charge in [0.2, 0.25) is 5.91 Å². The molecule has 24 heavy (non-hydrogen) atoms. The highest BCUT2D eigenvalue weighted by atomic mass is 32.2. The Morgan fingerprint density at radius 1 is 1.33 bits per heavy atom. The number of nitrogens with one attached hydrogen (secondary N) is 1. The zero-order chi connectivity index (χ0) is 17.2. The Bertz CT molecular complexity index is 818. The number of rotatable bonds is 5. The van der Waals surface area contributed by atoms with Crippen LogP contribution in [0.4, 0.5) is 0 Å². The van der Waals surface area contributed by atoms with Gasteiger partial charge >= 0.3 is 0 Å². The Hall–Kier alpha value is -1.77. The predicted octanol–water partition coefficient (Wildman–Crippen LogP) is 2.31. The molecule has 6 nitrogen and oxygen atoms in total. The maximum absolute atomic E-state index is 13.0. The number of carbonyl (C=O) groups is 1. The van der Waals surface area contributed by atoms with E-state index in [0.717, 1.165) is 23.3 Å². The third-order valence-electron chi connectivity index (χ3n) is 4.01. The summed E-state index contributed by atoms with van der Waals surface area (Å²) in [4.78, 5) is 15.8. The molecular weight excluding hydrogens is 346 g/mol. The summed E-state index contributed by atoms with van der Waals surface area (Å²) < 4.78 is 27.9. The van der Waals surface area contributed by atoms with Crippen LogP contribution < -0.4 is 5.32 Å². The van der Waals surface area contributed by atoms with E-state index in [2.05, 4.69) is 10.3 Å².